The summed E-state index contributed by atoms with van der Waals surface area (Å²) in [5, 5.41) is 3.09. The third kappa shape index (κ3) is 3.96. The van der Waals surface area contributed by atoms with Gasteiger partial charge in [0, 0.05) is 38.3 Å². The van der Waals surface area contributed by atoms with Gasteiger partial charge in [0.15, 0.2) is 0 Å². The molecule has 0 bridgehead atoms. The van der Waals surface area contributed by atoms with Crippen LogP contribution in [-0.2, 0) is 19.2 Å². The Hall–Kier alpha value is -2.60. The smallest absolute Gasteiger partial charge is 0.290 e. The van der Waals surface area contributed by atoms with E-state index >= 15 is 0 Å². The summed E-state index contributed by atoms with van der Waals surface area (Å²) in [5.41, 5.74) is 0. The molecule has 0 radical (unpaired) electrons. The number of imide groups is 2. The number of thioether (sulfide) groups is 2. The predicted octanol–water partition coefficient (Wildman–Crippen LogP) is -0.609. The van der Waals surface area contributed by atoms with Gasteiger partial charge in [-0.2, -0.15) is 0 Å². The number of hydrogen-bond acceptors (Lipinski definition) is 8. The molecule has 136 valence electrons. The Labute approximate surface area is 155 Å². The first kappa shape index (κ1) is 18.2. The van der Waals surface area contributed by atoms with Crippen molar-refractivity contribution in [1.29, 1.82) is 0 Å². The molecule has 0 aromatic carbocycles. The van der Waals surface area contributed by atoms with Crippen molar-refractivity contribution >= 4 is 57.6 Å². The molecule has 0 unspecified atom stereocenters. The van der Waals surface area contributed by atoms with Crippen LogP contribution in [0.2, 0.25) is 0 Å². The molecule has 0 spiro atoms. The van der Waals surface area contributed by atoms with Crippen LogP contribution < -0.4 is 10.6 Å². The van der Waals surface area contributed by atoms with E-state index < -0.39 is 34.1 Å². The Bertz CT molecular complexity index is 731. The maximum Gasteiger partial charge on any atom is 0.290 e. The van der Waals surface area contributed by atoms with Crippen LogP contribution in [0.3, 0.4) is 0 Å². The number of piperazine rings is 1. The molecule has 3 aliphatic heterocycles. The average molecular weight is 396 g/mol. The van der Waals surface area contributed by atoms with Gasteiger partial charge in [-0.1, -0.05) is 0 Å². The quantitative estimate of drug-likeness (QED) is 0.591. The third-order valence-corrected chi connectivity index (χ3v) is 5.32. The monoisotopic (exact) mass is 396 g/mol. The van der Waals surface area contributed by atoms with Crippen LogP contribution in [0.1, 0.15) is 0 Å². The fourth-order valence-corrected chi connectivity index (χ4v) is 3.69. The minimum atomic E-state index is -0.601. The van der Waals surface area contributed by atoms with E-state index in [0.29, 0.717) is 23.5 Å². The van der Waals surface area contributed by atoms with E-state index in [2.05, 4.69) is 10.6 Å². The molecule has 0 atom stereocenters. The van der Waals surface area contributed by atoms with Gasteiger partial charge in [0.1, 0.15) is 0 Å². The molecule has 3 aliphatic rings. The van der Waals surface area contributed by atoms with Crippen LogP contribution in [0.25, 0.3) is 0 Å². The standard InChI is InChI=1S/C14H12N4O6S2/c19-9(5-7-11(21)15-13(23)25-7)17-1-2-18(4-3-17)10(20)6-8-12(22)16-14(24)26-8/h5-6H,1-4H2,(H,15,21,23)(H,16,22,24). The van der Waals surface area contributed by atoms with E-state index in [4.69, 9.17) is 0 Å². The number of amides is 6. The fourth-order valence-electron chi connectivity index (χ4n) is 2.40. The topological polar surface area (TPSA) is 133 Å². The summed E-state index contributed by atoms with van der Waals surface area (Å²) >= 11 is 1.33. The molecule has 0 saturated carbocycles. The Morgan fingerprint density at radius 1 is 0.731 bits per heavy atom. The molecular weight excluding hydrogens is 384 g/mol. The first-order valence-corrected chi connectivity index (χ1v) is 9.04. The number of nitrogens with zero attached hydrogens (tertiary/aromatic N) is 2. The lowest BCUT2D eigenvalue weighted by Crippen LogP contribution is -2.50. The number of rotatable bonds is 2. The minimum Gasteiger partial charge on any atom is -0.336 e. The van der Waals surface area contributed by atoms with Crippen LogP contribution >= 0.6 is 23.5 Å². The highest BCUT2D eigenvalue weighted by Crippen LogP contribution is 2.24. The Morgan fingerprint density at radius 3 is 1.35 bits per heavy atom. The summed E-state index contributed by atoms with van der Waals surface area (Å²) in [6.07, 6.45) is 2.21. The summed E-state index contributed by atoms with van der Waals surface area (Å²) in [5.74, 6) is -2.04. The van der Waals surface area contributed by atoms with Crippen molar-refractivity contribution in [3.05, 3.63) is 22.0 Å². The molecule has 26 heavy (non-hydrogen) atoms. The zero-order valence-corrected chi connectivity index (χ0v) is 14.8. The highest BCUT2D eigenvalue weighted by molar-refractivity contribution is 8.18. The first-order chi connectivity index (χ1) is 12.3. The van der Waals surface area contributed by atoms with Crippen molar-refractivity contribution in [2.75, 3.05) is 26.2 Å². The van der Waals surface area contributed by atoms with Gasteiger partial charge in [0.25, 0.3) is 22.3 Å². The molecule has 0 aromatic heterocycles. The van der Waals surface area contributed by atoms with Gasteiger partial charge in [-0.05, 0) is 23.5 Å². The Balaban J connectivity index is 1.56. The normalized spacial score (nSPS) is 23.7. The van der Waals surface area contributed by atoms with Gasteiger partial charge in [-0.3, -0.25) is 39.4 Å². The number of carbonyl (C=O) groups excluding carboxylic acids is 6. The molecule has 6 amide bonds. The molecule has 3 rings (SSSR count). The van der Waals surface area contributed by atoms with Crippen LogP contribution in [-0.4, -0.2) is 70.1 Å². The lowest BCUT2D eigenvalue weighted by atomic mass is 10.2. The molecule has 3 saturated heterocycles. The van der Waals surface area contributed by atoms with E-state index in [0.717, 1.165) is 12.2 Å². The highest BCUT2D eigenvalue weighted by Gasteiger charge is 2.30. The summed E-state index contributed by atoms with van der Waals surface area (Å²) in [4.78, 5) is 72.4. The maximum atomic E-state index is 12.2. The number of hydrogen-bond donors (Lipinski definition) is 2. The van der Waals surface area contributed by atoms with Crippen molar-refractivity contribution in [2.45, 2.75) is 0 Å². The van der Waals surface area contributed by atoms with E-state index in [1.807, 2.05) is 0 Å². The Morgan fingerprint density at radius 2 is 1.08 bits per heavy atom. The largest absolute Gasteiger partial charge is 0.336 e. The van der Waals surface area contributed by atoms with Crippen molar-refractivity contribution in [3.8, 4) is 0 Å². The van der Waals surface area contributed by atoms with Gasteiger partial charge in [0.2, 0.25) is 11.8 Å². The van der Waals surface area contributed by atoms with Crippen molar-refractivity contribution in [1.82, 2.24) is 20.4 Å². The highest BCUT2D eigenvalue weighted by atomic mass is 32.2. The van der Waals surface area contributed by atoms with Gasteiger partial charge in [-0.15, -0.1) is 0 Å². The van der Waals surface area contributed by atoms with Crippen molar-refractivity contribution < 1.29 is 28.8 Å². The van der Waals surface area contributed by atoms with Crippen LogP contribution in [0.4, 0.5) is 9.59 Å². The minimum absolute atomic E-state index is 0.0391. The number of carbonyl (C=O) groups is 6. The molecule has 0 aliphatic carbocycles. The summed E-state index contributed by atoms with van der Waals surface area (Å²) < 4.78 is 0. The SMILES string of the molecule is O=C1NC(=O)C(=CC(=O)N2CCN(C(=O)C=C3SC(=O)NC3=O)CC2)S1. The zero-order valence-electron chi connectivity index (χ0n) is 13.1. The van der Waals surface area contributed by atoms with Crippen molar-refractivity contribution in [2.24, 2.45) is 0 Å². The molecule has 12 heteroatoms. The molecule has 10 nitrogen and oxygen atoms in total. The lowest BCUT2D eigenvalue weighted by molar-refractivity contribution is -0.134. The third-order valence-electron chi connectivity index (χ3n) is 3.70. The van der Waals surface area contributed by atoms with Gasteiger partial charge >= 0.3 is 0 Å². The molecule has 3 fully saturated rings. The number of nitrogens with one attached hydrogen (secondary N) is 2. The molecule has 2 N–H and O–H groups in total. The zero-order chi connectivity index (χ0) is 18.8. The molecule has 0 aromatic rings. The first-order valence-electron chi connectivity index (χ1n) is 7.41. The second-order valence-electron chi connectivity index (χ2n) is 5.36. The fraction of sp³-hybridized carbons (Fsp3) is 0.286. The van der Waals surface area contributed by atoms with E-state index in [-0.39, 0.29) is 36.0 Å². The molecular formula is C14H12N4O6S2. The maximum absolute atomic E-state index is 12.2. The second kappa shape index (κ2) is 7.33. The summed E-state index contributed by atoms with van der Waals surface area (Å²) in [7, 11) is 0. The average Bonchev–Trinajstić information content (AvgIpc) is 3.07. The van der Waals surface area contributed by atoms with Gasteiger partial charge < -0.3 is 9.80 Å². The van der Waals surface area contributed by atoms with Crippen LogP contribution in [0, 0.1) is 0 Å². The molecule has 3 heterocycles. The van der Waals surface area contributed by atoms with E-state index in [1.165, 1.54) is 9.80 Å². The van der Waals surface area contributed by atoms with E-state index in [9.17, 15) is 28.8 Å². The lowest BCUT2D eigenvalue weighted by Gasteiger charge is -2.33. The van der Waals surface area contributed by atoms with Gasteiger partial charge in [0.05, 0.1) is 9.81 Å². The van der Waals surface area contributed by atoms with Crippen LogP contribution in [0.5, 0.6) is 0 Å². The second-order valence-corrected chi connectivity index (χ2v) is 7.38. The van der Waals surface area contributed by atoms with E-state index in [1.54, 1.807) is 0 Å². The summed E-state index contributed by atoms with van der Waals surface area (Å²) in [6.45, 7) is 0.984. The van der Waals surface area contributed by atoms with Gasteiger partial charge in [-0.25, -0.2) is 0 Å². The summed E-state index contributed by atoms with van der Waals surface area (Å²) in [6, 6.07) is 0. The van der Waals surface area contributed by atoms with Crippen LogP contribution in [0.15, 0.2) is 22.0 Å². The predicted molar refractivity (Wildman–Crippen MR) is 91.6 cm³/mol. The Kier molecular flexibility index (Phi) is 5.13. The van der Waals surface area contributed by atoms with Crippen molar-refractivity contribution in [3.63, 3.8) is 0 Å².